The van der Waals surface area contributed by atoms with Gasteiger partial charge in [-0.1, -0.05) is 12.1 Å². The highest BCUT2D eigenvalue weighted by atomic mass is 16.6. The fourth-order valence-corrected chi connectivity index (χ4v) is 2.00. The Labute approximate surface area is 88.5 Å². The van der Waals surface area contributed by atoms with E-state index in [1.165, 1.54) is 18.4 Å². The van der Waals surface area contributed by atoms with Gasteiger partial charge in [0.15, 0.2) is 0 Å². The van der Waals surface area contributed by atoms with Crippen molar-refractivity contribution in [1.82, 2.24) is 5.32 Å². The molecule has 1 atom stereocenters. The number of nitro groups is 1. The molecule has 1 aromatic carbocycles. The molecule has 1 aromatic rings. The molecule has 1 fully saturated rings. The largest absolute Gasteiger partial charge is 0.316 e. The molecule has 80 valence electrons. The first-order chi connectivity index (χ1) is 7.27. The van der Waals surface area contributed by atoms with Gasteiger partial charge in [0.1, 0.15) is 0 Å². The molecule has 2 rings (SSSR count). The average molecular weight is 206 g/mol. The van der Waals surface area contributed by atoms with E-state index in [4.69, 9.17) is 0 Å². The summed E-state index contributed by atoms with van der Waals surface area (Å²) in [6.07, 6.45) is 2.35. The maximum Gasteiger partial charge on any atom is 0.269 e. The summed E-state index contributed by atoms with van der Waals surface area (Å²) < 4.78 is 0. The molecule has 15 heavy (non-hydrogen) atoms. The monoisotopic (exact) mass is 206 g/mol. The van der Waals surface area contributed by atoms with Crippen molar-refractivity contribution in [2.45, 2.75) is 18.8 Å². The van der Waals surface area contributed by atoms with E-state index in [2.05, 4.69) is 5.32 Å². The lowest BCUT2D eigenvalue weighted by Gasteiger charge is -2.22. The first kappa shape index (κ1) is 10.1. The van der Waals surface area contributed by atoms with Crippen molar-refractivity contribution >= 4 is 5.69 Å². The first-order valence-corrected chi connectivity index (χ1v) is 5.22. The third-order valence-corrected chi connectivity index (χ3v) is 2.87. The van der Waals surface area contributed by atoms with Crippen LogP contribution in [0, 0.1) is 10.1 Å². The molecular weight excluding hydrogens is 192 g/mol. The first-order valence-electron chi connectivity index (χ1n) is 5.22. The number of benzene rings is 1. The molecule has 0 aromatic heterocycles. The molecule has 0 bridgehead atoms. The molecule has 0 radical (unpaired) electrons. The Morgan fingerprint density at radius 3 is 2.60 bits per heavy atom. The van der Waals surface area contributed by atoms with E-state index in [0.717, 1.165) is 13.1 Å². The SMILES string of the molecule is O=[N+]([O-])c1ccc(C2CCCNC2)cc1. The summed E-state index contributed by atoms with van der Waals surface area (Å²) in [6, 6.07) is 6.92. The predicted molar refractivity (Wildman–Crippen MR) is 57.9 cm³/mol. The van der Waals surface area contributed by atoms with Gasteiger partial charge >= 0.3 is 0 Å². The summed E-state index contributed by atoms with van der Waals surface area (Å²) in [4.78, 5) is 10.1. The smallest absolute Gasteiger partial charge is 0.269 e. The number of nitro benzene ring substituents is 1. The number of hydrogen-bond donors (Lipinski definition) is 1. The maximum atomic E-state index is 10.5. The molecule has 0 amide bonds. The van der Waals surface area contributed by atoms with Crippen LogP contribution in [0.3, 0.4) is 0 Å². The molecule has 0 aliphatic carbocycles. The fourth-order valence-electron chi connectivity index (χ4n) is 2.00. The Morgan fingerprint density at radius 2 is 2.07 bits per heavy atom. The number of nitrogens with zero attached hydrogens (tertiary/aromatic N) is 1. The van der Waals surface area contributed by atoms with Crippen molar-refractivity contribution < 1.29 is 4.92 Å². The normalized spacial score (nSPS) is 21.2. The zero-order valence-electron chi connectivity index (χ0n) is 8.48. The van der Waals surface area contributed by atoms with Crippen LogP contribution in [0.15, 0.2) is 24.3 Å². The van der Waals surface area contributed by atoms with Crippen molar-refractivity contribution in [3.63, 3.8) is 0 Å². The zero-order chi connectivity index (χ0) is 10.7. The highest BCUT2D eigenvalue weighted by molar-refractivity contribution is 5.34. The Morgan fingerprint density at radius 1 is 1.33 bits per heavy atom. The van der Waals surface area contributed by atoms with E-state index >= 15 is 0 Å². The summed E-state index contributed by atoms with van der Waals surface area (Å²) in [7, 11) is 0. The minimum atomic E-state index is -0.358. The molecule has 1 saturated heterocycles. The second kappa shape index (κ2) is 4.40. The van der Waals surface area contributed by atoms with Crippen molar-refractivity contribution in [3.05, 3.63) is 39.9 Å². The molecule has 1 N–H and O–H groups in total. The van der Waals surface area contributed by atoms with E-state index < -0.39 is 0 Å². The topological polar surface area (TPSA) is 55.2 Å². The molecule has 1 aliphatic heterocycles. The second-order valence-electron chi connectivity index (χ2n) is 3.89. The Balaban J connectivity index is 2.11. The van der Waals surface area contributed by atoms with Crippen molar-refractivity contribution in [2.75, 3.05) is 13.1 Å². The standard InChI is InChI=1S/C11H14N2O2/c14-13(15)11-5-3-9(4-6-11)10-2-1-7-12-8-10/h3-6,10,12H,1-2,7-8H2. The Hall–Kier alpha value is -1.42. The van der Waals surface area contributed by atoms with E-state index in [9.17, 15) is 10.1 Å². The number of piperidine rings is 1. The molecule has 1 heterocycles. The van der Waals surface area contributed by atoms with E-state index in [-0.39, 0.29) is 10.6 Å². The molecule has 1 aliphatic rings. The van der Waals surface area contributed by atoms with Gasteiger partial charge in [-0.15, -0.1) is 0 Å². The van der Waals surface area contributed by atoms with Crippen molar-refractivity contribution in [1.29, 1.82) is 0 Å². The lowest BCUT2D eigenvalue weighted by atomic mass is 9.92. The summed E-state index contributed by atoms with van der Waals surface area (Å²) in [5.74, 6) is 0.513. The summed E-state index contributed by atoms with van der Waals surface area (Å²) in [6.45, 7) is 2.07. The van der Waals surface area contributed by atoms with Crippen LogP contribution in [-0.2, 0) is 0 Å². The van der Waals surface area contributed by atoms with Gasteiger partial charge < -0.3 is 5.32 Å². The lowest BCUT2D eigenvalue weighted by molar-refractivity contribution is -0.384. The van der Waals surface area contributed by atoms with Gasteiger partial charge in [-0.2, -0.15) is 0 Å². The van der Waals surface area contributed by atoms with Crippen LogP contribution in [0.4, 0.5) is 5.69 Å². The maximum absolute atomic E-state index is 10.5. The van der Waals surface area contributed by atoms with Gasteiger partial charge in [0.2, 0.25) is 0 Å². The third kappa shape index (κ3) is 2.33. The van der Waals surface area contributed by atoms with Crippen LogP contribution in [0.1, 0.15) is 24.3 Å². The highest BCUT2D eigenvalue weighted by Gasteiger charge is 2.15. The lowest BCUT2D eigenvalue weighted by Crippen LogP contribution is -2.28. The van der Waals surface area contributed by atoms with Crippen LogP contribution in [0.5, 0.6) is 0 Å². The quantitative estimate of drug-likeness (QED) is 0.595. The van der Waals surface area contributed by atoms with Crippen LogP contribution in [-0.4, -0.2) is 18.0 Å². The summed E-state index contributed by atoms with van der Waals surface area (Å²) in [5.41, 5.74) is 1.37. The molecule has 4 nitrogen and oxygen atoms in total. The number of hydrogen-bond acceptors (Lipinski definition) is 3. The van der Waals surface area contributed by atoms with Crippen LogP contribution in [0.25, 0.3) is 0 Å². The van der Waals surface area contributed by atoms with Crippen LogP contribution < -0.4 is 5.32 Å². The Kier molecular flexibility index (Phi) is 2.97. The highest BCUT2D eigenvalue weighted by Crippen LogP contribution is 2.24. The minimum absolute atomic E-state index is 0.169. The molecule has 0 spiro atoms. The zero-order valence-corrected chi connectivity index (χ0v) is 8.48. The summed E-state index contributed by atoms with van der Waals surface area (Å²) >= 11 is 0. The van der Waals surface area contributed by atoms with E-state index in [1.807, 2.05) is 12.1 Å². The van der Waals surface area contributed by atoms with Gasteiger partial charge in [-0.05, 0) is 30.9 Å². The summed E-state index contributed by atoms with van der Waals surface area (Å²) in [5, 5.41) is 13.8. The van der Waals surface area contributed by atoms with E-state index in [0.29, 0.717) is 5.92 Å². The van der Waals surface area contributed by atoms with Gasteiger partial charge in [-0.25, -0.2) is 0 Å². The minimum Gasteiger partial charge on any atom is -0.316 e. The molecule has 1 unspecified atom stereocenters. The van der Waals surface area contributed by atoms with Crippen molar-refractivity contribution in [2.24, 2.45) is 0 Å². The van der Waals surface area contributed by atoms with E-state index in [1.54, 1.807) is 12.1 Å². The average Bonchev–Trinajstić information content (AvgIpc) is 2.30. The van der Waals surface area contributed by atoms with Crippen LogP contribution >= 0.6 is 0 Å². The second-order valence-corrected chi connectivity index (χ2v) is 3.89. The third-order valence-electron chi connectivity index (χ3n) is 2.87. The van der Waals surface area contributed by atoms with Crippen molar-refractivity contribution in [3.8, 4) is 0 Å². The van der Waals surface area contributed by atoms with Gasteiger partial charge in [0.05, 0.1) is 4.92 Å². The van der Waals surface area contributed by atoms with Gasteiger partial charge in [-0.3, -0.25) is 10.1 Å². The number of non-ortho nitro benzene ring substituents is 1. The molecule has 0 saturated carbocycles. The van der Waals surface area contributed by atoms with Gasteiger partial charge in [0.25, 0.3) is 5.69 Å². The molecular formula is C11H14N2O2. The van der Waals surface area contributed by atoms with Gasteiger partial charge in [0, 0.05) is 18.7 Å². The molecule has 4 heteroatoms. The fraction of sp³-hybridized carbons (Fsp3) is 0.455. The number of nitrogens with one attached hydrogen (secondary N) is 1. The van der Waals surface area contributed by atoms with Crippen LogP contribution in [0.2, 0.25) is 0 Å². The number of rotatable bonds is 2. The predicted octanol–water partition coefficient (Wildman–Crippen LogP) is 2.06. The Bertz CT molecular complexity index is 342.